The summed E-state index contributed by atoms with van der Waals surface area (Å²) in [6, 6.07) is 6.77. The molecule has 0 saturated heterocycles. The monoisotopic (exact) mass is 253 g/mol. The third-order valence-corrected chi connectivity index (χ3v) is 2.58. The summed E-state index contributed by atoms with van der Waals surface area (Å²) in [5.74, 6) is -0.396. The third kappa shape index (κ3) is 6.35. The molecule has 0 saturated carbocycles. The van der Waals surface area contributed by atoms with Crippen LogP contribution < -0.4 is 5.32 Å². The quantitative estimate of drug-likeness (QED) is 0.572. The largest absolute Gasteiger partial charge is 0.466 e. The van der Waals surface area contributed by atoms with Crippen molar-refractivity contribution in [3.63, 3.8) is 0 Å². The van der Waals surface area contributed by atoms with E-state index in [1.165, 1.54) is 13.0 Å². The normalized spacial score (nSPS) is 10.3. The zero-order valence-electron chi connectivity index (χ0n) is 10.7. The van der Waals surface area contributed by atoms with Gasteiger partial charge in [0.2, 0.25) is 0 Å². The smallest absolute Gasteiger partial charge is 0.302 e. The molecule has 100 valence electrons. The summed E-state index contributed by atoms with van der Waals surface area (Å²) < 4.78 is 18.1. The molecule has 0 atom stereocenters. The second kappa shape index (κ2) is 8.64. The highest BCUT2D eigenvalue weighted by atomic mass is 19.1. The van der Waals surface area contributed by atoms with Crippen LogP contribution in [0.5, 0.6) is 0 Å². The molecule has 18 heavy (non-hydrogen) atoms. The SMILES string of the molecule is CC(=O)OCCCCCNCc1ccccc1F. The Morgan fingerprint density at radius 1 is 1.28 bits per heavy atom. The van der Waals surface area contributed by atoms with Gasteiger partial charge in [-0.05, 0) is 31.9 Å². The Morgan fingerprint density at radius 3 is 2.78 bits per heavy atom. The Balaban J connectivity index is 1.99. The molecule has 0 aromatic heterocycles. The lowest BCUT2D eigenvalue weighted by Gasteiger charge is -2.06. The minimum atomic E-state index is -0.229. The zero-order chi connectivity index (χ0) is 13.2. The van der Waals surface area contributed by atoms with E-state index in [-0.39, 0.29) is 11.8 Å². The zero-order valence-corrected chi connectivity index (χ0v) is 10.7. The Hall–Kier alpha value is -1.42. The van der Waals surface area contributed by atoms with Gasteiger partial charge in [-0.1, -0.05) is 18.2 Å². The summed E-state index contributed by atoms with van der Waals surface area (Å²) >= 11 is 0. The Morgan fingerprint density at radius 2 is 2.06 bits per heavy atom. The number of benzene rings is 1. The van der Waals surface area contributed by atoms with Crippen LogP contribution in [0.2, 0.25) is 0 Å². The highest BCUT2D eigenvalue weighted by Crippen LogP contribution is 2.05. The Kier molecular flexibility index (Phi) is 7.03. The molecule has 0 radical (unpaired) electrons. The van der Waals surface area contributed by atoms with E-state index in [0.29, 0.717) is 18.7 Å². The minimum Gasteiger partial charge on any atom is -0.466 e. The van der Waals surface area contributed by atoms with Gasteiger partial charge in [-0.2, -0.15) is 0 Å². The van der Waals surface area contributed by atoms with Crippen LogP contribution in [0, 0.1) is 5.82 Å². The molecule has 1 N–H and O–H groups in total. The van der Waals surface area contributed by atoms with E-state index in [1.54, 1.807) is 12.1 Å². The van der Waals surface area contributed by atoms with Gasteiger partial charge in [0.15, 0.2) is 0 Å². The van der Waals surface area contributed by atoms with Crippen LogP contribution in [0.15, 0.2) is 24.3 Å². The predicted molar refractivity (Wildman–Crippen MR) is 68.6 cm³/mol. The number of hydrogen-bond acceptors (Lipinski definition) is 3. The van der Waals surface area contributed by atoms with Gasteiger partial charge < -0.3 is 10.1 Å². The van der Waals surface area contributed by atoms with E-state index < -0.39 is 0 Å². The molecule has 0 heterocycles. The highest BCUT2D eigenvalue weighted by molar-refractivity contribution is 5.65. The van der Waals surface area contributed by atoms with Gasteiger partial charge in [-0.3, -0.25) is 4.79 Å². The van der Waals surface area contributed by atoms with Gasteiger partial charge in [-0.15, -0.1) is 0 Å². The molecule has 1 aromatic rings. The first-order valence-electron chi connectivity index (χ1n) is 6.27. The molecule has 0 aliphatic heterocycles. The van der Waals surface area contributed by atoms with Gasteiger partial charge >= 0.3 is 5.97 Å². The highest BCUT2D eigenvalue weighted by Gasteiger charge is 1.99. The molecular formula is C14H20FNO2. The number of nitrogens with one attached hydrogen (secondary N) is 1. The van der Waals surface area contributed by atoms with Crippen LogP contribution in [0.25, 0.3) is 0 Å². The fourth-order valence-electron chi connectivity index (χ4n) is 1.61. The van der Waals surface area contributed by atoms with E-state index >= 15 is 0 Å². The molecule has 0 bridgehead atoms. The molecule has 0 amide bonds. The number of hydrogen-bond donors (Lipinski definition) is 1. The lowest BCUT2D eigenvalue weighted by atomic mass is 10.2. The average molecular weight is 253 g/mol. The van der Waals surface area contributed by atoms with Crippen molar-refractivity contribution in [1.29, 1.82) is 0 Å². The summed E-state index contributed by atoms with van der Waals surface area (Å²) in [6.07, 6.45) is 2.87. The fourth-order valence-corrected chi connectivity index (χ4v) is 1.61. The Labute approximate surface area is 107 Å². The fraction of sp³-hybridized carbons (Fsp3) is 0.500. The van der Waals surface area contributed by atoms with Crippen LogP contribution in [0.4, 0.5) is 4.39 Å². The maximum absolute atomic E-state index is 13.3. The summed E-state index contributed by atoms with van der Waals surface area (Å²) in [5.41, 5.74) is 0.692. The van der Waals surface area contributed by atoms with E-state index in [1.807, 2.05) is 6.07 Å². The van der Waals surface area contributed by atoms with E-state index in [9.17, 15) is 9.18 Å². The van der Waals surface area contributed by atoms with E-state index in [0.717, 1.165) is 25.8 Å². The van der Waals surface area contributed by atoms with Crippen molar-refractivity contribution in [2.45, 2.75) is 32.7 Å². The molecule has 4 heteroatoms. The lowest BCUT2D eigenvalue weighted by molar-refractivity contribution is -0.141. The van der Waals surface area contributed by atoms with Gasteiger partial charge in [0.1, 0.15) is 5.82 Å². The van der Waals surface area contributed by atoms with Crippen molar-refractivity contribution in [1.82, 2.24) is 5.32 Å². The van der Waals surface area contributed by atoms with Crippen LogP contribution in [-0.4, -0.2) is 19.1 Å². The first-order valence-corrected chi connectivity index (χ1v) is 6.27. The molecule has 1 rings (SSSR count). The maximum atomic E-state index is 13.3. The number of carbonyl (C=O) groups excluding carboxylic acids is 1. The van der Waals surface area contributed by atoms with Crippen molar-refractivity contribution >= 4 is 5.97 Å². The van der Waals surface area contributed by atoms with Gasteiger partial charge in [0.05, 0.1) is 6.61 Å². The summed E-state index contributed by atoms with van der Waals surface area (Å²) in [4.78, 5) is 10.5. The Bertz CT molecular complexity index is 369. The average Bonchev–Trinajstić information content (AvgIpc) is 2.34. The summed E-state index contributed by atoms with van der Waals surface area (Å²) in [6.45, 7) is 3.30. The van der Waals surface area contributed by atoms with E-state index in [4.69, 9.17) is 4.74 Å². The van der Waals surface area contributed by atoms with E-state index in [2.05, 4.69) is 5.32 Å². The third-order valence-electron chi connectivity index (χ3n) is 2.58. The number of carbonyl (C=O) groups is 1. The first kappa shape index (κ1) is 14.6. The van der Waals surface area contributed by atoms with Crippen molar-refractivity contribution in [3.8, 4) is 0 Å². The molecule has 3 nitrogen and oxygen atoms in total. The summed E-state index contributed by atoms with van der Waals surface area (Å²) in [5, 5.41) is 3.19. The molecule has 0 unspecified atom stereocenters. The van der Waals surface area contributed by atoms with Gasteiger partial charge in [0, 0.05) is 19.0 Å². The van der Waals surface area contributed by atoms with Gasteiger partial charge in [-0.25, -0.2) is 4.39 Å². The number of esters is 1. The molecule has 1 aromatic carbocycles. The number of rotatable bonds is 8. The van der Waals surface area contributed by atoms with Crippen molar-refractivity contribution in [2.24, 2.45) is 0 Å². The maximum Gasteiger partial charge on any atom is 0.302 e. The molecule has 0 aliphatic carbocycles. The van der Waals surface area contributed by atoms with Crippen molar-refractivity contribution in [3.05, 3.63) is 35.6 Å². The standard InChI is InChI=1S/C14H20FNO2/c1-12(17)18-10-6-2-5-9-16-11-13-7-3-4-8-14(13)15/h3-4,7-8,16H,2,5-6,9-11H2,1H3. The van der Waals surface area contributed by atoms with Crippen LogP contribution in [0.3, 0.4) is 0 Å². The summed E-state index contributed by atoms with van der Waals surface area (Å²) in [7, 11) is 0. The molecule has 0 aliphatic rings. The van der Waals surface area contributed by atoms with Crippen LogP contribution in [0.1, 0.15) is 31.7 Å². The number of ether oxygens (including phenoxy) is 1. The second-order valence-electron chi connectivity index (χ2n) is 4.17. The van der Waals surface area contributed by atoms with Crippen molar-refractivity contribution < 1.29 is 13.9 Å². The van der Waals surface area contributed by atoms with Crippen LogP contribution >= 0.6 is 0 Å². The van der Waals surface area contributed by atoms with Gasteiger partial charge in [0.25, 0.3) is 0 Å². The number of halogens is 1. The van der Waals surface area contributed by atoms with Crippen LogP contribution in [-0.2, 0) is 16.1 Å². The first-order chi connectivity index (χ1) is 8.70. The minimum absolute atomic E-state index is 0.167. The topological polar surface area (TPSA) is 38.3 Å². The second-order valence-corrected chi connectivity index (χ2v) is 4.17. The molecular weight excluding hydrogens is 233 g/mol. The molecule has 0 spiro atoms. The molecule has 0 fully saturated rings. The lowest BCUT2D eigenvalue weighted by Crippen LogP contribution is -2.15. The van der Waals surface area contributed by atoms with Crippen molar-refractivity contribution in [2.75, 3.05) is 13.2 Å². The predicted octanol–water partition coefficient (Wildman–Crippen LogP) is 2.65. The number of unbranched alkanes of at least 4 members (excludes halogenated alkanes) is 2.